The van der Waals surface area contributed by atoms with Gasteiger partial charge in [0.05, 0.1) is 12.7 Å². The van der Waals surface area contributed by atoms with Gasteiger partial charge in [-0.1, -0.05) is 30.7 Å². The Kier molecular flexibility index (Phi) is 4.65. The maximum Gasteiger partial charge on any atom is 0.121 e. The molecule has 1 aromatic rings. The van der Waals surface area contributed by atoms with E-state index in [1.54, 1.807) is 6.07 Å². The molecule has 2 rings (SSSR count). The average molecular weight is 260 g/mol. The molecule has 2 heteroatoms. The molecule has 1 N–H and O–H groups in total. The summed E-state index contributed by atoms with van der Waals surface area (Å²) in [5.41, 5.74) is 3.71. The highest BCUT2D eigenvalue weighted by molar-refractivity contribution is 5.31. The first-order valence-corrected chi connectivity index (χ1v) is 7.12. The molecule has 2 nitrogen and oxygen atoms in total. The van der Waals surface area contributed by atoms with Gasteiger partial charge in [-0.3, -0.25) is 0 Å². The number of hydrogen-bond donors (Lipinski definition) is 1. The van der Waals surface area contributed by atoms with Crippen LogP contribution in [0.5, 0.6) is 5.75 Å². The molecule has 1 aliphatic rings. The standard InChI is InChI=1S/C17H24O2/c1-12(2)15-9-8-13(3)10-17(15)19-11-14-6-4-5-7-16(14)18/h4-7,13,17-18H,8-11H2,1-3H3/t13-,17?/m1/s1. The molecule has 0 saturated heterocycles. The third-order valence-electron chi connectivity index (χ3n) is 3.99. The van der Waals surface area contributed by atoms with Crippen molar-refractivity contribution in [2.24, 2.45) is 5.92 Å². The second kappa shape index (κ2) is 6.25. The van der Waals surface area contributed by atoms with E-state index in [1.807, 2.05) is 18.2 Å². The van der Waals surface area contributed by atoms with E-state index in [9.17, 15) is 5.11 Å². The number of rotatable bonds is 3. The first kappa shape index (κ1) is 14.1. The van der Waals surface area contributed by atoms with Gasteiger partial charge in [0.25, 0.3) is 0 Å². The van der Waals surface area contributed by atoms with E-state index in [0.29, 0.717) is 12.4 Å². The minimum absolute atomic E-state index is 0.216. The van der Waals surface area contributed by atoms with E-state index in [-0.39, 0.29) is 6.10 Å². The van der Waals surface area contributed by atoms with E-state index in [0.717, 1.165) is 24.3 Å². The number of hydrogen-bond acceptors (Lipinski definition) is 2. The Morgan fingerprint density at radius 2 is 2.05 bits per heavy atom. The lowest BCUT2D eigenvalue weighted by molar-refractivity contribution is 0.0351. The number of para-hydroxylation sites is 1. The van der Waals surface area contributed by atoms with Gasteiger partial charge in [-0.25, -0.2) is 0 Å². The number of phenols is 1. The minimum atomic E-state index is 0.216. The Balaban J connectivity index is 2.04. The molecule has 1 fully saturated rings. The van der Waals surface area contributed by atoms with Crippen molar-refractivity contribution in [2.45, 2.75) is 52.7 Å². The highest BCUT2D eigenvalue weighted by Crippen LogP contribution is 2.33. The van der Waals surface area contributed by atoms with Crippen LogP contribution < -0.4 is 0 Å². The molecule has 19 heavy (non-hydrogen) atoms. The molecule has 1 unspecified atom stereocenters. The number of allylic oxidation sites excluding steroid dienone is 1. The van der Waals surface area contributed by atoms with Crippen molar-refractivity contribution in [3.63, 3.8) is 0 Å². The lowest BCUT2D eigenvalue weighted by atomic mass is 9.83. The Labute approximate surface area is 116 Å². The summed E-state index contributed by atoms with van der Waals surface area (Å²) >= 11 is 0. The molecule has 0 bridgehead atoms. The maximum absolute atomic E-state index is 9.78. The first-order valence-electron chi connectivity index (χ1n) is 7.12. The zero-order valence-corrected chi connectivity index (χ0v) is 12.1. The lowest BCUT2D eigenvalue weighted by Gasteiger charge is -2.31. The first-order chi connectivity index (χ1) is 9.08. The minimum Gasteiger partial charge on any atom is -0.508 e. The van der Waals surface area contributed by atoms with Gasteiger partial charge >= 0.3 is 0 Å². The molecule has 1 aliphatic carbocycles. The number of phenolic OH excluding ortho intramolecular Hbond substituents is 1. The van der Waals surface area contributed by atoms with Crippen LogP contribution in [-0.4, -0.2) is 11.2 Å². The maximum atomic E-state index is 9.78. The largest absolute Gasteiger partial charge is 0.508 e. The fourth-order valence-corrected chi connectivity index (χ4v) is 2.75. The molecule has 0 heterocycles. The smallest absolute Gasteiger partial charge is 0.121 e. The van der Waals surface area contributed by atoms with Crippen molar-refractivity contribution in [1.29, 1.82) is 0 Å². The predicted molar refractivity (Wildman–Crippen MR) is 78.1 cm³/mol. The Hall–Kier alpha value is -1.28. The van der Waals surface area contributed by atoms with Gasteiger partial charge in [0, 0.05) is 5.56 Å². The third kappa shape index (κ3) is 3.60. The monoisotopic (exact) mass is 260 g/mol. The van der Waals surface area contributed by atoms with Gasteiger partial charge in [-0.2, -0.15) is 0 Å². The van der Waals surface area contributed by atoms with Crippen LogP contribution in [0.2, 0.25) is 0 Å². The van der Waals surface area contributed by atoms with E-state index in [4.69, 9.17) is 4.74 Å². The molecule has 1 saturated carbocycles. The SMILES string of the molecule is CC(C)=C1CC[C@@H](C)CC1OCc1ccccc1O. The molecule has 0 amide bonds. The predicted octanol–water partition coefficient (Wildman–Crippen LogP) is 4.43. The highest BCUT2D eigenvalue weighted by Gasteiger charge is 2.25. The molecule has 0 aromatic heterocycles. The summed E-state index contributed by atoms with van der Waals surface area (Å²) in [5.74, 6) is 1.04. The summed E-state index contributed by atoms with van der Waals surface area (Å²) in [7, 11) is 0. The highest BCUT2D eigenvalue weighted by atomic mass is 16.5. The third-order valence-corrected chi connectivity index (χ3v) is 3.99. The van der Waals surface area contributed by atoms with Crippen LogP contribution in [-0.2, 0) is 11.3 Å². The fourth-order valence-electron chi connectivity index (χ4n) is 2.75. The molecule has 0 spiro atoms. The van der Waals surface area contributed by atoms with Crippen LogP contribution in [0.25, 0.3) is 0 Å². The van der Waals surface area contributed by atoms with E-state index in [1.165, 1.54) is 17.6 Å². The summed E-state index contributed by atoms with van der Waals surface area (Å²) in [6, 6.07) is 7.40. The van der Waals surface area contributed by atoms with Crippen LogP contribution in [0.15, 0.2) is 35.4 Å². The molecule has 104 valence electrons. The molecule has 0 aliphatic heterocycles. The fraction of sp³-hybridized carbons (Fsp3) is 0.529. The average Bonchev–Trinajstić information content (AvgIpc) is 2.37. The van der Waals surface area contributed by atoms with Crippen LogP contribution in [0.4, 0.5) is 0 Å². The molecular weight excluding hydrogens is 236 g/mol. The summed E-state index contributed by atoms with van der Waals surface area (Å²) in [6.07, 6.45) is 3.72. The van der Waals surface area contributed by atoms with Crippen LogP contribution >= 0.6 is 0 Å². The van der Waals surface area contributed by atoms with Crippen molar-refractivity contribution in [2.75, 3.05) is 0 Å². The van der Waals surface area contributed by atoms with Crippen LogP contribution in [0.3, 0.4) is 0 Å². The molecule has 0 radical (unpaired) electrons. The van der Waals surface area contributed by atoms with Crippen molar-refractivity contribution in [3.8, 4) is 5.75 Å². The van der Waals surface area contributed by atoms with E-state index < -0.39 is 0 Å². The van der Waals surface area contributed by atoms with Crippen LogP contribution in [0.1, 0.15) is 45.6 Å². The Bertz CT molecular complexity index is 458. The second-order valence-electron chi connectivity index (χ2n) is 5.83. The van der Waals surface area contributed by atoms with E-state index in [2.05, 4.69) is 20.8 Å². The zero-order valence-electron chi connectivity index (χ0n) is 12.1. The van der Waals surface area contributed by atoms with E-state index >= 15 is 0 Å². The zero-order chi connectivity index (χ0) is 13.8. The van der Waals surface area contributed by atoms with Crippen molar-refractivity contribution >= 4 is 0 Å². The number of benzene rings is 1. The topological polar surface area (TPSA) is 29.5 Å². The van der Waals surface area contributed by atoms with Crippen molar-refractivity contribution in [3.05, 3.63) is 41.0 Å². The molecule has 1 aromatic carbocycles. The molecular formula is C17H24O2. The van der Waals surface area contributed by atoms with Gasteiger partial charge in [-0.15, -0.1) is 0 Å². The summed E-state index contributed by atoms with van der Waals surface area (Å²) < 4.78 is 6.08. The van der Waals surface area contributed by atoms with Gasteiger partial charge in [0.15, 0.2) is 0 Å². The van der Waals surface area contributed by atoms with Gasteiger partial charge in [0.1, 0.15) is 5.75 Å². The van der Waals surface area contributed by atoms with Crippen LogP contribution in [0, 0.1) is 5.92 Å². The van der Waals surface area contributed by atoms with Crippen molar-refractivity contribution in [1.82, 2.24) is 0 Å². The normalized spacial score (nSPS) is 23.4. The van der Waals surface area contributed by atoms with Gasteiger partial charge in [-0.05, 0) is 50.7 Å². The summed E-state index contributed by atoms with van der Waals surface area (Å²) in [6.45, 7) is 7.11. The molecule has 2 atom stereocenters. The Morgan fingerprint density at radius 3 is 2.74 bits per heavy atom. The number of aromatic hydroxyl groups is 1. The summed E-state index contributed by atoms with van der Waals surface area (Å²) in [5, 5.41) is 9.78. The van der Waals surface area contributed by atoms with Gasteiger partial charge in [0.2, 0.25) is 0 Å². The lowest BCUT2D eigenvalue weighted by Crippen LogP contribution is -2.25. The summed E-state index contributed by atoms with van der Waals surface area (Å²) in [4.78, 5) is 0. The van der Waals surface area contributed by atoms with Crippen molar-refractivity contribution < 1.29 is 9.84 Å². The number of ether oxygens (including phenoxy) is 1. The Morgan fingerprint density at radius 1 is 1.32 bits per heavy atom. The van der Waals surface area contributed by atoms with Gasteiger partial charge < -0.3 is 9.84 Å². The second-order valence-corrected chi connectivity index (χ2v) is 5.83. The quantitative estimate of drug-likeness (QED) is 0.814.